The third kappa shape index (κ3) is 5.53. The Morgan fingerprint density at radius 3 is 2.89 bits per heavy atom. The van der Waals surface area contributed by atoms with Crippen LogP contribution in [0.25, 0.3) is 0 Å². The number of allylic oxidation sites excluding steroid dienone is 1. The molecule has 0 atom stereocenters. The van der Waals surface area contributed by atoms with Crippen molar-refractivity contribution in [3.05, 3.63) is 42.0 Å². The molecule has 0 heterocycles. The highest BCUT2D eigenvalue weighted by atomic mass is 16.5. The number of rotatable bonds is 7. The van der Waals surface area contributed by atoms with Crippen LogP contribution in [0.3, 0.4) is 0 Å². The summed E-state index contributed by atoms with van der Waals surface area (Å²) in [5, 5.41) is 2.85. The first kappa shape index (κ1) is 14.3. The summed E-state index contributed by atoms with van der Waals surface area (Å²) in [7, 11) is 0. The molecule has 1 rings (SSSR count). The van der Waals surface area contributed by atoms with Crippen molar-refractivity contribution >= 4 is 5.91 Å². The molecule has 0 bridgehead atoms. The van der Waals surface area contributed by atoms with Crippen LogP contribution < -0.4 is 10.1 Å². The second-order valence-electron chi connectivity index (χ2n) is 4.07. The zero-order chi connectivity index (χ0) is 13.2. The molecular formula is C15H21NO2. The number of amides is 1. The first-order valence-electron chi connectivity index (χ1n) is 6.30. The predicted molar refractivity (Wildman–Crippen MR) is 73.7 cm³/mol. The summed E-state index contributed by atoms with van der Waals surface area (Å²) in [6.07, 6.45) is 5.28. The summed E-state index contributed by atoms with van der Waals surface area (Å²) >= 11 is 0. The molecule has 0 aliphatic heterocycles. The fourth-order valence-corrected chi connectivity index (χ4v) is 1.52. The van der Waals surface area contributed by atoms with Gasteiger partial charge in [-0.05, 0) is 31.9 Å². The number of carbonyl (C=O) groups excluding carboxylic acids is 1. The summed E-state index contributed by atoms with van der Waals surface area (Å²) in [6, 6.07) is 7.81. The zero-order valence-electron chi connectivity index (χ0n) is 11.1. The Morgan fingerprint density at radius 1 is 1.39 bits per heavy atom. The topological polar surface area (TPSA) is 38.3 Å². The SMILES string of the molecule is C/C=C/CCNC(=O)CCOc1ccccc1C. The van der Waals surface area contributed by atoms with Gasteiger partial charge < -0.3 is 10.1 Å². The van der Waals surface area contributed by atoms with Crippen molar-refractivity contribution in [2.24, 2.45) is 0 Å². The first-order valence-corrected chi connectivity index (χ1v) is 6.30. The van der Waals surface area contributed by atoms with Crippen LogP contribution in [-0.2, 0) is 4.79 Å². The van der Waals surface area contributed by atoms with Crippen LogP contribution in [0.4, 0.5) is 0 Å². The maximum Gasteiger partial charge on any atom is 0.223 e. The van der Waals surface area contributed by atoms with Gasteiger partial charge >= 0.3 is 0 Å². The number of aryl methyl sites for hydroxylation is 1. The molecule has 0 saturated heterocycles. The van der Waals surface area contributed by atoms with Crippen molar-refractivity contribution in [2.75, 3.05) is 13.2 Å². The normalized spacial score (nSPS) is 10.6. The molecule has 18 heavy (non-hydrogen) atoms. The van der Waals surface area contributed by atoms with E-state index < -0.39 is 0 Å². The molecule has 98 valence electrons. The molecule has 0 unspecified atom stereocenters. The van der Waals surface area contributed by atoms with Crippen molar-refractivity contribution < 1.29 is 9.53 Å². The molecule has 0 aliphatic carbocycles. The summed E-state index contributed by atoms with van der Waals surface area (Å²) in [6.45, 7) is 5.07. The number of para-hydroxylation sites is 1. The lowest BCUT2D eigenvalue weighted by atomic mass is 10.2. The molecule has 1 N–H and O–H groups in total. The van der Waals surface area contributed by atoms with Gasteiger partial charge in [-0.3, -0.25) is 4.79 Å². The Hall–Kier alpha value is -1.77. The van der Waals surface area contributed by atoms with Crippen LogP contribution in [0, 0.1) is 6.92 Å². The highest BCUT2D eigenvalue weighted by Gasteiger charge is 2.02. The molecule has 1 amide bonds. The number of nitrogens with one attached hydrogen (secondary N) is 1. The Kier molecular flexibility index (Phi) is 6.62. The van der Waals surface area contributed by atoms with E-state index >= 15 is 0 Å². The van der Waals surface area contributed by atoms with Gasteiger partial charge in [0.2, 0.25) is 5.91 Å². The third-order valence-corrected chi connectivity index (χ3v) is 2.55. The number of carbonyl (C=O) groups is 1. The van der Waals surface area contributed by atoms with E-state index in [1.54, 1.807) is 0 Å². The number of ether oxygens (including phenoxy) is 1. The zero-order valence-corrected chi connectivity index (χ0v) is 11.1. The van der Waals surface area contributed by atoms with Crippen molar-refractivity contribution in [1.82, 2.24) is 5.32 Å². The third-order valence-electron chi connectivity index (χ3n) is 2.55. The minimum atomic E-state index is 0.0353. The van der Waals surface area contributed by atoms with Gasteiger partial charge in [-0.25, -0.2) is 0 Å². The summed E-state index contributed by atoms with van der Waals surface area (Å²) < 4.78 is 5.56. The van der Waals surface area contributed by atoms with Gasteiger partial charge in [-0.15, -0.1) is 0 Å². The summed E-state index contributed by atoms with van der Waals surface area (Å²) in [4.78, 5) is 11.5. The lowest BCUT2D eigenvalue weighted by Gasteiger charge is -2.08. The lowest BCUT2D eigenvalue weighted by Crippen LogP contribution is -2.25. The molecule has 0 saturated carbocycles. The van der Waals surface area contributed by atoms with Gasteiger partial charge in [0.1, 0.15) is 5.75 Å². The van der Waals surface area contributed by atoms with E-state index in [9.17, 15) is 4.79 Å². The highest BCUT2D eigenvalue weighted by molar-refractivity contribution is 5.75. The van der Waals surface area contributed by atoms with E-state index in [4.69, 9.17) is 4.74 Å². The van der Waals surface area contributed by atoms with Crippen LogP contribution >= 0.6 is 0 Å². The molecule has 0 fully saturated rings. The fourth-order valence-electron chi connectivity index (χ4n) is 1.52. The van der Waals surface area contributed by atoms with E-state index in [0.717, 1.165) is 17.7 Å². The van der Waals surface area contributed by atoms with Crippen molar-refractivity contribution in [1.29, 1.82) is 0 Å². The van der Waals surface area contributed by atoms with Gasteiger partial charge in [-0.1, -0.05) is 30.4 Å². The van der Waals surface area contributed by atoms with Gasteiger partial charge in [0, 0.05) is 6.54 Å². The standard InChI is InChI=1S/C15H21NO2/c1-3-4-7-11-16-15(17)10-12-18-14-9-6-5-8-13(14)2/h3-6,8-9H,7,10-12H2,1-2H3,(H,16,17)/b4-3+. The molecule has 1 aromatic rings. The fraction of sp³-hybridized carbons (Fsp3) is 0.400. The van der Waals surface area contributed by atoms with Crippen molar-refractivity contribution in [3.63, 3.8) is 0 Å². The molecular weight excluding hydrogens is 226 g/mol. The van der Waals surface area contributed by atoms with Crippen molar-refractivity contribution in [2.45, 2.75) is 26.7 Å². The molecule has 3 heteroatoms. The van der Waals surface area contributed by atoms with Crippen LogP contribution in [0.2, 0.25) is 0 Å². The second-order valence-corrected chi connectivity index (χ2v) is 4.07. The molecule has 0 radical (unpaired) electrons. The van der Waals surface area contributed by atoms with Gasteiger partial charge in [0.05, 0.1) is 13.0 Å². The summed E-state index contributed by atoms with van der Waals surface area (Å²) in [5.74, 6) is 0.882. The van der Waals surface area contributed by atoms with Gasteiger partial charge in [0.15, 0.2) is 0 Å². The quantitative estimate of drug-likeness (QED) is 0.594. The summed E-state index contributed by atoms with van der Waals surface area (Å²) in [5.41, 5.74) is 1.09. The second kappa shape index (κ2) is 8.34. The Bertz CT molecular complexity index is 399. The van der Waals surface area contributed by atoms with Gasteiger partial charge in [0.25, 0.3) is 0 Å². The van der Waals surface area contributed by atoms with Crippen LogP contribution in [0.1, 0.15) is 25.3 Å². The van der Waals surface area contributed by atoms with Crippen LogP contribution in [0.15, 0.2) is 36.4 Å². The lowest BCUT2D eigenvalue weighted by molar-refractivity contribution is -0.121. The van der Waals surface area contributed by atoms with E-state index in [1.807, 2.05) is 50.3 Å². The van der Waals surface area contributed by atoms with E-state index in [1.165, 1.54) is 0 Å². The smallest absolute Gasteiger partial charge is 0.223 e. The highest BCUT2D eigenvalue weighted by Crippen LogP contribution is 2.15. The Balaban J connectivity index is 2.18. The Morgan fingerprint density at radius 2 is 2.17 bits per heavy atom. The monoisotopic (exact) mass is 247 g/mol. The average Bonchev–Trinajstić information content (AvgIpc) is 2.37. The minimum absolute atomic E-state index is 0.0353. The number of benzene rings is 1. The molecule has 0 spiro atoms. The Labute approximate surface area is 109 Å². The molecule has 0 aromatic heterocycles. The number of hydrogen-bond donors (Lipinski definition) is 1. The van der Waals surface area contributed by atoms with Crippen LogP contribution in [0.5, 0.6) is 5.75 Å². The first-order chi connectivity index (χ1) is 8.74. The minimum Gasteiger partial charge on any atom is -0.493 e. The molecule has 3 nitrogen and oxygen atoms in total. The van der Waals surface area contributed by atoms with E-state index in [2.05, 4.69) is 5.32 Å². The van der Waals surface area contributed by atoms with Crippen molar-refractivity contribution in [3.8, 4) is 5.75 Å². The molecule has 0 aliphatic rings. The van der Waals surface area contributed by atoms with Gasteiger partial charge in [-0.2, -0.15) is 0 Å². The molecule has 1 aromatic carbocycles. The van der Waals surface area contributed by atoms with E-state index in [-0.39, 0.29) is 5.91 Å². The van der Waals surface area contributed by atoms with E-state index in [0.29, 0.717) is 19.6 Å². The van der Waals surface area contributed by atoms with Crippen LogP contribution in [-0.4, -0.2) is 19.1 Å². The predicted octanol–water partition coefficient (Wildman–Crippen LogP) is 2.85. The average molecular weight is 247 g/mol. The number of hydrogen-bond acceptors (Lipinski definition) is 2. The maximum absolute atomic E-state index is 11.5. The largest absolute Gasteiger partial charge is 0.493 e. The maximum atomic E-state index is 11.5.